The van der Waals surface area contributed by atoms with Gasteiger partial charge in [-0.1, -0.05) is 0 Å². The van der Waals surface area contributed by atoms with Gasteiger partial charge in [0.05, 0.1) is 15.7 Å². The average Bonchev–Trinajstić information content (AvgIpc) is 2.18. The Kier molecular flexibility index (Phi) is 3.68. The third-order valence-corrected chi connectivity index (χ3v) is 2.57. The lowest BCUT2D eigenvalue weighted by Gasteiger charge is -1.98. The van der Waals surface area contributed by atoms with E-state index < -0.39 is 28.4 Å². The lowest BCUT2D eigenvalue weighted by molar-refractivity contribution is -0.131. The summed E-state index contributed by atoms with van der Waals surface area (Å²) in [6, 6.07) is 2.48. The molecule has 0 aliphatic carbocycles. The number of aliphatic carboxylic acids is 1. The van der Waals surface area contributed by atoms with Crippen molar-refractivity contribution in [3.63, 3.8) is 0 Å². The highest BCUT2D eigenvalue weighted by Gasteiger charge is 2.08. The summed E-state index contributed by atoms with van der Waals surface area (Å²) in [7, 11) is -2.00. The highest BCUT2D eigenvalue weighted by Crippen LogP contribution is 2.14. The van der Waals surface area contributed by atoms with Gasteiger partial charge >= 0.3 is 5.97 Å². The Morgan fingerprint density at radius 3 is 2.67 bits per heavy atom. The summed E-state index contributed by atoms with van der Waals surface area (Å²) in [6.45, 7) is 0. The Hall–Kier alpha value is -1.56. The molecular weight excluding hydrogens is 226 g/mol. The van der Waals surface area contributed by atoms with Crippen LogP contribution in [0.1, 0.15) is 0 Å². The number of hydrogen-bond donors (Lipinski definition) is 1. The standard InChI is InChI=1S/C9H6F2O3S/c10-6-1-2-7(11)8(5-6)15(14)4-3-9(12)13/h1-5H,(H,12,13)/b4-3+. The molecule has 0 aliphatic heterocycles. The van der Waals surface area contributed by atoms with Crippen LogP contribution in [0, 0.1) is 11.6 Å². The Balaban J connectivity index is 3.01. The molecule has 3 nitrogen and oxygen atoms in total. The van der Waals surface area contributed by atoms with Gasteiger partial charge in [-0.3, -0.25) is 0 Å². The van der Waals surface area contributed by atoms with Crippen LogP contribution < -0.4 is 0 Å². The van der Waals surface area contributed by atoms with E-state index in [9.17, 15) is 17.8 Å². The fourth-order valence-corrected chi connectivity index (χ4v) is 1.70. The van der Waals surface area contributed by atoms with Crippen molar-refractivity contribution < 1.29 is 22.9 Å². The Bertz CT molecular complexity index is 443. The van der Waals surface area contributed by atoms with Crippen molar-refractivity contribution in [2.45, 2.75) is 4.90 Å². The Morgan fingerprint density at radius 2 is 2.07 bits per heavy atom. The summed E-state index contributed by atoms with van der Waals surface area (Å²) in [5, 5.41) is 9.02. The Labute approximate surface area is 86.5 Å². The van der Waals surface area contributed by atoms with Crippen LogP contribution in [0.2, 0.25) is 0 Å². The first kappa shape index (κ1) is 11.5. The summed E-state index contributed by atoms with van der Waals surface area (Å²) in [5.74, 6) is -2.88. The molecule has 0 saturated carbocycles. The van der Waals surface area contributed by atoms with E-state index in [0.717, 1.165) is 23.6 Å². The number of carbonyl (C=O) groups is 1. The van der Waals surface area contributed by atoms with E-state index in [1.807, 2.05) is 0 Å². The van der Waals surface area contributed by atoms with E-state index in [4.69, 9.17) is 5.11 Å². The van der Waals surface area contributed by atoms with Crippen molar-refractivity contribution in [1.82, 2.24) is 0 Å². The molecule has 1 N–H and O–H groups in total. The third kappa shape index (κ3) is 3.25. The van der Waals surface area contributed by atoms with Crippen LogP contribution in [-0.4, -0.2) is 15.3 Å². The van der Waals surface area contributed by atoms with Gasteiger partial charge in [-0.15, -0.1) is 0 Å². The maximum atomic E-state index is 13.0. The minimum absolute atomic E-state index is 0.382. The first-order valence-electron chi connectivity index (χ1n) is 3.77. The maximum Gasteiger partial charge on any atom is 0.328 e. The van der Waals surface area contributed by atoms with Gasteiger partial charge in [0, 0.05) is 11.5 Å². The molecule has 0 bridgehead atoms. The molecular formula is C9H6F2O3S. The predicted octanol–water partition coefficient (Wildman–Crippen LogP) is 1.67. The molecule has 0 heterocycles. The summed E-state index contributed by atoms with van der Waals surface area (Å²) >= 11 is 0. The molecule has 0 fully saturated rings. The van der Waals surface area contributed by atoms with Crippen LogP contribution >= 0.6 is 0 Å². The highest BCUT2D eigenvalue weighted by molar-refractivity contribution is 7.88. The van der Waals surface area contributed by atoms with E-state index in [1.54, 1.807) is 0 Å². The van der Waals surface area contributed by atoms with E-state index >= 15 is 0 Å². The number of rotatable bonds is 3. The molecule has 0 saturated heterocycles. The second-order valence-corrected chi connectivity index (χ2v) is 3.82. The average molecular weight is 232 g/mol. The van der Waals surface area contributed by atoms with Gasteiger partial charge in [-0.05, 0) is 18.2 Å². The maximum absolute atomic E-state index is 13.0. The second kappa shape index (κ2) is 4.79. The first-order chi connectivity index (χ1) is 7.00. The minimum atomic E-state index is -2.00. The largest absolute Gasteiger partial charge is 0.478 e. The normalized spacial score (nSPS) is 12.9. The smallest absolute Gasteiger partial charge is 0.328 e. The van der Waals surface area contributed by atoms with Gasteiger partial charge in [-0.25, -0.2) is 17.8 Å². The van der Waals surface area contributed by atoms with E-state index in [-0.39, 0.29) is 4.90 Å². The fraction of sp³-hybridized carbons (Fsp3) is 0. The summed E-state index contributed by atoms with van der Waals surface area (Å²) in [4.78, 5) is 9.72. The van der Waals surface area contributed by atoms with Crippen molar-refractivity contribution >= 4 is 16.8 Å². The molecule has 15 heavy (non-hydrogen) atoms. The van der Waals surface area contributed by atoms with Crippen molar-refractivity contribution in [2.24, 2.45) is 0 Å². The van der Waals surface area contributed by atoms with E-state index in [0.29, 0.717) is 6.08 Å². The Morgan fingerprint density at radius 1 is 1.40 bits per heavy atom. The van der Waals surface area contributed by atoms with Crippen LogP contribution in [0.3, 0.4) is 0 Å². The summed E-state index contributed by atoms with van der Waals surface area (Å²) < 4.78 is 36.9. The molecule has 1 unspecified atom stereocenters. The van der Waals surface area contributed by atoms with Crippen molar-refractivity contribution in [2.75, 3.05) is 0 Å². The van der Waals surface area contributed by atoms with Gasteiger partial charge < -0.3 is 5.11 Å². The van der Waals surface area contributed by atoms with E-state index in [2.05, 4.69) is 0 Å². The van der Waals surface area contributed by atoms with Crippen LogP contribution in [0.15, 0.2) is 34.6 Å². The molecule has 80 valence electrons. The highest BCUT2D eigenvalue weighted by atomic mass is 32.2. The lowest BCUT2D eigenvalue weighted by atomic mass is 10.3. The van der Waals surface area contributed by atoms with E-state index in [1.165, 1.54) is 0 Å². The van der Waals surface area contributed by atoms with Gasteiger partial charge in [0.15, 0.2) is 0 Å². The molecule has 1 aromatic carbocycles. The van der Waals surface area contributed by atoms with Crippen LogP contribution in [-0.2, 0) is 15.6 Å². The minimum Gasteiger partial charge on any atom is -0.478 e. The summed E-state index contributed by atoms with van der Waals surface area (Å²) in [5.41, 5.74) is 0. The molecule has 0 amide bonds. The molecule has 6 heteroatoms. The molecule has 1 aromatic rings. The van der Waals surface area contributed by atoms with Gasteiger partial charge in [0.1, 0.15) is 11.6 Å². The van der Waals surface area contributed by atoms with Crippen molar-refractivity contribution in [3.8, 4) is 0 Å². The molecule has 0 aromatic heterocycles. The number of carboxylic acids is 1. The number of halogens is 2. The third-order valence-electron chi connectivity index (χ3n) is 1.44. The van der Waals surface area contributed by atoms with Crippen molar-refractivity contribution in [3.05, 3.63) is 41.3 Å². The number of hydrogen-bond acceptors (Lipinski definition) is 2. The zero-order valence-electron chi connectivity index (χ0n) is 7.31. The number of benzene rings is 1. The molecule has 0 radical (unpaired) electrons. The van der Waals surface area contributed by atoms with Gasteiger partial charge in [0.25, 0.3) is 0 Å². The fourth-order valence-electron chi connectivity index (χ4n) is 0.825. The van der Waals surface area contributed by atoms with Gasteiger partial charge in [-0.2, -0.15) is 0 Å². The molecule has 1 rings (SSSR count). The zero-order valence-corrected chi connectivity index (χ0v) is 8.13. The van der Waals surface area contributed by atoms with Crippen LogP contribution in [0.5, 0.6) is 0 Å². The molecule has 0 aliphatic rings. The molecule has 0 spiro atoms. The number of carboxylic acid groups (broad SMARTS) is 1. The quantitative estimate of drug-likeness (QED) is 0.806. The summed E-state index contributed by atoms with van der Waals surface area (Å²) in [6.07, 6.45) is 0.612. The lowest BCUT2D eigenvalue weighted by Crippen LogP contribution is -1.95. The van der Waals surface area contributed by atoms with Crippen LogP contribution in [0.4, 0.5) is 8.78 Å². The monoisotopic (exact) mass is 232 g/mol. The SMILES string of the molecule is O=C(O)/C=C/S(=O)c1cc(F)ccc1F. The topological polar surface area (TPSA) is 54.4 Å². The van der Waals surface area contributed by atoms with Crippen molar-refractivity contribution in [1.29, 1.82) is 0 Å². The van der Waals surface area contributed by atoms with Gasteiger partial charge in [0.2, 0.25) is 0 Å². The second-order valence-electron chi connectivity index (χ2n) is 2.51. The van der Waals surface area contributed by atoms with Crippen LogP contribution in [0.25, 0.3) is 0 Å². The molecule has 1 atom stereocenters. The zero-order chi connectivity index (χ0) is 11.4. The first-order valence-corrected chi connectivity index (χ1v) is 4.99. The predicted molar refractivity (Wildman–Crippen MR) is 49.5 cm³/mol.